The number of rotatable bonds is 12. The second-order valence-corrected chi connectivity index (χ2v) is 10.6. The molecular formula is C25H27ClN4O8S. The number of nitrogens with one attached hydrogen (secondary N) is 1. The van der Waals surface area contributed by atoms with Crippen molar-refractivity contribution in [1.29, 1.82) is 0 Å². The molecule has 3 amide bonds. The average molecular weight is 579 g/mol. The van der Waals surface area contributed by atoms with Gasteiger partial charge in [-0.15, -0.1) is 11.3 Å². The first-order valence-corrected chi connectivity index (χ1v) is 13.3. The van der Waals surface area contributed by atoms with Gasteiger partial charge in [0.1, 0.15) is 19.0 Å². The van der Waals surface area contributed by atoms with Crippen molar-refractivity contribution < 1.29 is 38.6 Å². The molecule has 1 unspecified atom stereocenters. The van der Waals surface area contributed by atoms with Crippen LogP contribution in [0, 0.1) is 0 Å². The summed E-state index contributed by atoms with van der Waals surface area (Å²) in [6, 6.07) is 9.37. The normalized spacial score (nSPS) is 18.1. The number of aldehydes is 1. The monoisotopic (exact) mass is 578 g/mol. The number of cyclic esters (lactones) is 1. The van der Waals surface area contributed by atoms with Crippen molar-refractivity contribution in [3.63, 3.8) is 0 Å². The Morgan fingerprint density at radius 2 is 1.90 bits per heavy atom. The Morgan fingerprint density at radius 1 is 1.18 bits per heavy atom. The smallest absolute Gasteiger partial charge is 0.414 e. The molecule has 0 aliphatic carbocycles. The molecule has 208 valence electrons. The SMILES string of the molecule is O=CCC(CNCC(=O)O)N(C[C@H]1CN(c2ccc(N3CCOCC3=O)cc2)C(=O)O1)C(=O)c1ccc(Cl)s1. The number of amides is 3. The number of carbonyl (C=O) groups is 5. The number of halogens is 1. The van der Waals surface area contributed by atoms with E-state index in [1.54, 1.807) is 41.3 Å². The third-order valence-electron chi connectivity index (χ3n) is 6.24. The molecule has 3 heterocycles. The number of benzene rings is 1. The first-order chi connectivity index (χ1) is 18.8. The van der Waals surface area contributed by atoms with Gasteiger partial charge < -0.3 is 34.5 Å². The Balaban J connectivity index is 1.49. The Bertz CT molecular complexity index is 1220. The van der Waals surface area contributed by atoms with Gasteiger partial charge in [0.15, 0.2) is 0 Å². The number of ether oxygens (including phenoxy) is 2. The molecule has 0 saturated carbocycles. The molecule has 12 nitrogen and oxygen atoms in total. The van der Waals surface area contributed by atoms with Gasteiger partial charge in [-0.1, -0.05) is 11.6 Å². The maximum atomic E-state index is 13.4. The van der Waals surface area contributed by atoms with E-state index in [0.29, 0.717) is 40.0 Å². The molecule has 2 aromatic rings. The maximum Gasteiger partial charge on any atom is 0.414 e. The van der Waals surface area contributed by atoms with E-state index in [-0.39, 0.29) is 45.1 Å². The van der Waals surface area contributed by atoms with Gasteiger partial charge in [-0.3, -0.25) is 19.3 Å². The number of carbonyl (C=O) groups excluding carboxylic acids is 4. The molecule has 2 N–H and O–H groups in total. The van der Waals surface area contributed by atoms with Crippen LogP contribution >= 0.6 is 22.9 Å². The molecule has 2 atom stereocenters. The summed E-state index contributed by atoms with van der Waals surface area (Å²) in [5.41, 5.74) is 1.25. The highest BCUT2D eigenvalue weighted by molar-refractivity contribution is 7.18. The topological polar surface area (TPSA) is 146 Å². The van der Waals surface area contributed by atoms with E-state index in [2.05, 4.69) is 5.32 Å². The quantitative estimate of drug-likeness (QED) is 0.360. The van der Waals surface area contributed by atoms with Gasteiger partial charge in [-0.25, -0.2) is 4.79 Å². The lowest BCUT2D eigenvalue weighted by Crippen LogP contribution is -2.50. The predicted molar refractivity (Wildman–Crippen MR) is 143 cm³/mol. The molecular weight excluding hydrogens is 552 g/mol. The van der Waals surface area contributed by atoms with Crippen molar-refractivity contribution in [3.8, 4) is 0 Å². The summed E-state index contributed by atoms with van der Waals surface area (Å²) in [6.45, 7) is 0.713. The summed E-state index contributed by atoms with van der Waals surface area (Å²) < 4.78 is 11.1. The molecule has 4 rings (SSSR count). The second kappa shape index (κ2) is 13.0. The van der Waals surface area contributed by atoms with Crippen molar-refractivity contribution in [1.82, 2.24) is 10.2 Å². The van der Waals surface area contributed by atoms with Crippen molar-refractivity contribution >= 4 is 64.5 Å². The van der Waals surface area contributed by atoms with Crippen LogP contribution in [0.2, 0.25) is 4.34 Å². The molecule has 2 aliphatic heterocycles. The third-order valence-corrected chi connectivity index (χ3v) is 7.46. The molecule has 1 aromatic carbocycles. The number of nitrogens with zero attached hydrogens (tertiary/aromatic N) is 3. The summed E-state index contributed by atoms with van der Waals surface area (Å²) >= 11 is 7.10. The van der Waals surface area contributed by atoms with E-state index in [4.69, 9.17) is 26.2 Å². The zero-order chi connectivity index (χ0) is 27.9. The van der Waals surface area contributed by atoms with E-state index < -0.39 is 30.1 Å². The van der Waals surface area contributed by atoms with Crippen LogP contribution < -0.4 is 15.1 Å². The van der Waals surface area contributed by atoms with E-state index in [1.165, 1.54) is 9.80 Å². The first-order valence-electron chi connectivity index (χ1n) is 12.2. The highest BCUT2D eigenvalue weighted by atomic mass is 35.5. The predicted octanol–water partition coefficient (Wildman–Crippen LogP) is 1.86. The highest BCUT2D eigenvalue weighted by Gasteiger charge is 2.37. The molecule has 0 bridgehead atoms. The summed E-state index contributed by atoms with van der Waals surface area (Å²) in [4.78, 5) is 65.5. The van der Waals surface area contributed by atoms with Crippen molar-refractivity contribution in [2.75, 3.05) is 55.7 Å². The molecule has 0 radical (unpaired) electrons. The van der Waals surface area contributed by atoms with Crippen LogP contribution in [0.15, 0.2) is 36.4 Å². The standard InChI is InChI=1S/C25H27ClN4O8S/c26-21-6-5-20(39-21)24(35)29(18(7-9-31)11-27-12-23(33)34)13-19-14-30(25(36)38-19)17-3-1-16(2-4-17)28-8-10-37-15-22(28)32/h1-6,9,18-19,27H,7-8,10-15H2,(H,33,34)/t18?,19-/m0/s1. The molecule has 14 heteroatoms. The summed E-state index contributed by atoms with van der Waals surface area (Å²) in [5.74, 6) is -1.63. The number of anilines is 2. The van der Waals surface area contributed by atoms with E-state index in [9.17, 15) is 24.0 Å². The molecule has 2 fully saturated rings. The molecule has 2 aliphatic rings. The van der Waals surface area contributed by atoms with Crippen LogP contribution in [-0.4, -0.2) is 98.3 Å². The lowest BCUT2D eigenvalue weighted by molar-refractivity contribution is -0.136. The second-order valence-electron chi connectivity index (χ2n) is 8.87. The molecule has 39 heavy (non-hydrogen) atoms. The highest BCUT2D eigenvalue weighted by Crippen LogP contribution is 2.28. The van der Waals surface area contributed by atoms with Gasteiger partial charge in [0.05, 0.1) is 41.5 Å². The number of morpholine rings is 1. The number of carboxylic acid groups (broad SMARTS) is 1. The minimum absolute atomic E-state index is 0.0195. The summed E-state index contributed by atoms with van der Waals surface area (Å²) in [7, 11) is 0. The number of hydrogen-bond acceptors (Lipinski definition) is 9. The van der Waals surface area contributed by atoms with Crippen LogP contribution in [0.5, 0.6) is 0 Å². The van der Waals surface area contributed by atoms with Gasteiger partial charge in [0.2, 0.25) is 0 Å². The lowest BCUT2D eigenvalue weighted by Gasteiger charge is -2.32. The molecule has 2 saturated heterocycles. The van der Waals surface area contributed by atoms with Gasteiger partial charge in [0, 0.05) is 30.9 Å². The minimum atomic E-state index is -1.08. The van der Waals surface area contributed by atoms with Crippen molar-refractivity contribution in [2.45, 2.75) is 18.6 Å². The average Bonchev–Trinajstić information content (AvgIpc) is 3.52. The van der Waals surface area contributed by atoms with E-state index >= 15 is 0 Å². The van der Waals surface area contributed by atoms with Gasteiger partial charge in [-0.2, -0.15) is 0 Å². The van der Waals surface area contributed by atoms with Crippen LogP contribution in [0.1, 0.15) is 16.1 Å². The van der Waals surface area contributed by atoms with Gasteiger partial charge >= 0.3 is 12.1 Å². The lowest BCUT2D eigenvalue weighted by atomic mass is 10.1. The Hall–Kier alpha value is -3.52. The first kappa shape index (κ1) is 28.5. The Kier molecular flexibility index (Phi) is 9.51. The number of thiophene rings is 1. The van der Waals surface area contributed by atoms with Crippen LogP contribution in [0.4, 0.5) is 16.2 Å². The van der Waals surface area contributed by atoms with E-state index in [1.807, 2.05) is 0 Å². The number of aliphatic carboxylic acids is 1. The molecule has 1 aromatic heterocycles. The zero-order valence-corrected chi connectivity index (χ0v) is 22.4. The largest absolute Gasteiger partial charge is 0.480 e. The van der Waals surface area contributed by atoms with E-state index in [0.717, 1.165) is 11.3 Å². The third kappa shape index (κ3) is 7.12. The fourth-order valence-electron chi connectivity index (χ4n) is 4.40. The van der Waals surface area contributed by atoms with Crippen LogP contribution in [-0.2, 0) is 23.9 Å². The van der Waals surface area contributed by atoms with Gasteiger partial charge in [0.25, 0.3) is 11.8 Å². The molecule has 0 spiro atoms. The van der Waals surface area contributed by atoms with Crippen LogP contribution in [0.25, 0.3) is 0 Å². The Morgan fingerprint density at radius 3 is 2.51 bits per heavy atom. The van der Waals surface area contributed by atoms with Crippen molar-refractivity contribution in [2.24, 2.45) is 0 Å². The summed E-state index contributed by atoms with van der Waals surface area (Å²) in [5, 5.41) is 11.7. The van der Waals surface area contributed by atoms with Crippen LogP contribution in [0.3, 0.4) is 0 Å². The fourth-order valence-corrected chi connectivity index (χ4v) is 5.40. The minimum Gasteiger partial charge on any atom is -0.480 e. The van der Waals surface area contributed by atoms with Crippen molar-refractivity contribution in [3.05, 3.63) is 45.6 Å². The maximum absolute atomic E-state index is 13.4. The number of carboxylic acids is 1. The zero-order valence-electron chi connectivity index (χ0n) is 20.8. The van der Waals surface area contributed by atoms with Gasteiger partial charge in [-0.05, 0) is 36.4 Å². The Labute approximate surface area is 233 Å². The summed E-state index contributed by atoms with van der Waals surface area (Å²) in [6.07, 6.45) is -0.713. The number of hydrogen-bond donors (Lipinski definition) is 2. The fraction of sp³-hybridized carbons (Fsp3) is 0.400.